The van der Waals surface area contributed by atoms with Gasteiger partial charge < -0.3 is 19.3 Å². The van der Waals surface area contributed by atoms with Gasteiger partial charge in [-0.2, -0.15) is 0 Å². The van der Waals surface area contributed by atoms with Crippen LogP contribution in [0.1, 0.15) is 31.9 Å². The van der Waals surface area contributed by atoms with Crippen LogP contribution in [0.3, 0.4) is 0 Å². The van der Waals surface area contributed by atoms with Crippen molar-refractivity contribution in [2.75, 3.05) is 7.11 Å². The molecule has 0 spiro atoms. The number of hydrogen-bond acceptors (Lipinski definition) is 6. The normalized spacial score (nSPS) is 11.5. The Hall–Kier alpha value is -3.48. The third-order valence-electron chi connectivity index (χ3n) is 3.59. The lowest BCUT2D eigenvalue weighted by Gasteiger charge is -2.20. The second-order valence-corrected chi connectivity index (χ2v) is 7.15. The van der Waals surface area contributed by atoms with Gasteiger partial charge in [-0.15, -0.1) is 0 Å². The number of aromatic hydroxyl groups is 1. The third-order valence-corrected chi connectivity index (χ3v) is 3.59. The van der Waals surface area contributed by atoms with Gasteiger partial charge in [0.05, 0.1) is 7.11 Å². The van der Waals surface area contributed by atoms with Crippen molar-refractivity contribution in [3.63, 3.8) is 0 Å². The molecular weight excluding hydrogens is 374 g/mol. The molecule has 2 aromatic rings. The fourth-order valence-corrected chi connectivity index (χ4v) is 2.37. The number of para-hydroxylation sites is 1. The van der Waals surface area contributed by atoms with Gasteiger partial charge in [0.1, 0.15) is 17.9 Å². The van der Waals surface area contributed by atoms with Crippen molar-refractivity contribution in [3.05, 3.63) is 65.4 Å². The van der Waals surface area contributed by atoms with Crippen LogP contribution in [0, 0.1) is 0 Å². The molecule has 29 heavy (non-hydrogen) atoms. The number of nitrogens with one attached hydrogen (secondary N) is 1. The van der Waals surface area contributed by atoms with Crippen LogP contribution < -0.4 is 10.1 Å². The van der Waals surface area contributed by atoms with Gasteiger partial charge in [-0.05, 0) is 38.5 Å². The first kappa shape index (κ1) is 21.8. The van der Waals surface area contributed by atoms with E-state index in [0.29, 0.717) is 5.56 Å². The predicted molar refractivity (Wildman–Crippen MR) is 108 cm³/mol. The zero-order valence-electron chi connectivity index (χ0n) is 16.9. The first-order chi connectivity index (χ1) is 13.7. The standard InChI is InChI=1S/C22H25NO6/c1-22(2,3)29-21(26)23-17(20(25)27-4)13-16-11-8-12-18(24)19(16)28-14-15-9-6-5-7-10-15/h5-13,24H,14H2,1-4H3,(H,23,26)/b17-13-. The number of methoxy groups -OCH3 is 1. The van der Waals surface area contributed by atoms with Crippen molar-refractivity contribution in [2.24, 2.45) is 0 Å². The van der Waals surface area contributed by atoms with Crippen LogP contribution in [0.15, 0.2) is 54.2 Å². The van der Waals surface area contributed by atoms with E-state index in [1.807, 2.05) is 30.3 Å². The number of benzene rings is 2. The van der Waals surface area contributed by atoms with Crippen LogP contribution in [0.4, 0.5) is 4.79 Å². The number of hydrogen-bond donors (Lipinski definition) is 2. The highest BCUT2D eigenvalue weighted by Gasteiger charge is 2.21. The molecule has 1 amide bonds. The summed E-state index contributed by atoms with van der Waals surface area (Å²) < 4.78 is 15.7. The van der Waals surface area contributed by atoms with Crippen LogP contribution in [-0.4, -0.2) is 29.9 Å². The highest BCUT2D eigenvalue weighted by Crippen LogP contribution is 2.32. The van der Waals surface area contributed by atoms with Crippen molar-refractivity contribution < 1.29 is 28.9 Å². The molecule has 0 fully saturated rings. The van der Waals surface area contributed by atoms with Crippen molar-refractivity contribution >= 4 is 18.1 Å². The van der Waals surface area contributed by atoms with Crippen molar-refractivity contribution in [2.45, 2.75) is 33.0 Å². The van der Waals surface area contributed by atoms with E-state index in [1.165, 1.54) is 19.3 Å². The maximum atomic E-state index is 12.1. The molecule has 0 aliphatic heterocycles. The summed E-state index contributed by atoms with van der Waals surface area (Å²) in [6.45, 7) is 5.34. The van der Waals surface area contributed by atoms with Gasteiger partial charge in [0.15, 0.2) is 11.5 Å². The van der Waals surface area contributed by atoms with Gasteiger partial charge in [0.2, 0.25) is 0 Å². The van der Waals surface area contributed by atoms with Gasteiger partial charge >= 0.3 is 12.1 Å². The molecule has 0 heterocycles. The number of phenols is 1. The van der Waals surface area contributed by atoms with E-state index in [2.05, 4.69) is 5.32 Å². The van der Waals surface area contributed by atoms with Crippen LogP contribution >= 0.6 is 0 Å². The first-order valence-electron chi connectivity index (χ1n) is 8.98. The zero-order chi connectivity index (χ0) is 21.4. The van der Waals surface area contributed by atoms with Crippen LogP contribution in [0.25, 0.3) is 6.08 Å². The molecule has 154 valence electrons. The predicted octanol–water partition coefficient (Wildman–Crippen LogP) is 4.01. The summed E-state index contributed by atoms with van der Waals surface area (Å²) in [5, 5.41) is 12.6. The third kappa shape index (κ3) is 6.88. The molecule has 0 aromatic heterocycles. The second-order valence-electron chi connectivity index (χ2n) is 7.15. The number of amides is 1. The summed E-state index contributed by atoms with van der Waals surface area (Å²) in [5.74, 6) is -0.701. The highest BCUT2D eigenvalue weighted by molar-refractivity contribution is 5.97. The number of carbonyl (C=O) groups is 2. The highest BCUT2D eigenvalue weighted by atomic mass is 16.6. The molecule has 7 nitrogen and oxygen atoms in total. The molecular formula is C22H25NO6. The molecule has 0 atom stereocenters. The number of phenolic OH excluding ortho intramolecular Hbond substituents is 1. The summed E-state index contributed by atoms with van der Waals surface area (Å²) in [7, 11) is 1.20. The van der Waals surface area contributed by atoms with Crippen LogP contribution in [0.2, 0.25) is 0 Å². The van der Waals surface area contributed by atoms with Crippen LogP contribution in [-0.2, 0) is 20.9 Å². The molecule has 0 aliphatic rings. The van der Waals surface area contributed by atoms with Gasteiger partial charge in [0.25, 0.3) is 0 Å². The van der Waals surface area contributed by atoms with Gasteiger partial charge in [0, 0.05) is 5.56 Å². The summed E-state index contributed by atoms with van der Waals surface area (Å²) in [4.78, 5) is 24.2. The minimum Gasteiger partial charge on any atom is -0.504 e. The quantitative estimate of drug-likeness (QED) is 0.563. The SMILES string of the molecule is COC(=O)/C(=C/c1cccc(O)c1OCc1ccccc1)NC(=O)OC(C)(C)C. The number of carbonyl (C=O) groups excluding carboxylic acids is 2. The molecule has 2 aromatic carbocycles. The Labute approximate surface area is 169 Å². The zero-order valence-corrected chi connectivity index (χ0v) is 16.9. The maximum Gasteiger partial charge on any atom is 0.412 e. The molecule has 0 saturated heterocycles. The van der Waals surface area contributed by atoms with E-state index in [1.54, 1.807) is 32.9 Å². The number of alkyl carbamates (subject to hydrolysis) is 1. The number of ether oxygens (including phenoxy) is 3. The molecule has 0 bridgehead atoms. The second kappa shape index (κ2) is 9.64. The largest absolute Gasteiger partial charge is 0.504 e. The van der Waals surface area contributed by atoms with Crippen LogP contribution in [0.5, 0.6) is 11.5 Å². The van der Waals surface area contributed by atoms with Crippen molar-refractivity contribution in [1.29, 1.82) is 0 Å². The average molecular weight is 399 g/mol. The van der Waals surface area contributed by atoms with Crippen molar-refractivity contribution in [1.82, 2.24) is 5.32 Å². The van der Waals surface area contributed by atoms with E-state index in [4.69, 9.17) is 14.2 Å². The first-order valence-corrected chi connectivity index (χ1v) is 8.98. The molecule has 0 saturated carbocycles. The Morgan fingerprint density at radius 1 is 1.07 bits per heavy atom. The van der Waals surface area contributed by atoms with E-state index < -0.39 is 17.7 Å². The molecule has 2 N–H and O–H groups in total. The molecule has 2 rings (SSSR count). The minimum atomic E-state index is -0.805. The fourth-order valence-electron chi connectivity index (χ4n) is 2.37. The monoisotopic (exact) mass is 399 g/mol. The fraction of sp³-hybridized carbons (Fsp3) is 0.273. The number of rotatable bonds is 6. The Bertz CT molecular complexity index is 884. The molecule has 0 unspecified atom stereocenters. The summed E-state index contributed by atoms with van der Waals surface area (Å²) in [5.41, 5.74) is 0.403. The molecule has 0 radical (unpaired) electrons. The Morgan fingerprint density at radius 2 is 1.76 bits per heavy atom. The lowest BCUT2D eigenvalue weighted by molar-refractivity contribution is -0.136. The Balaban J connectivity index is 2.31. The van der Waals surface area contributed by atoms with Gasteiger partial charge in [-0.1, -0.05) is 42.5 Å². The van der Waals surface area contributed by atoms with Gasteiger partial charge in [-0.25, -0.2) is 9.59 Å². The summed E-state index contributed by atoms with van der Waals surface area (Å²) >= 11 is 0. The van der Waals surface area contributed by atoms with Gasteiger partial charge in [-0.3, -0.25) is 5.32 Å². The smallest absolute Gasteiger partial charge is 0.412 e. The Kier molecular flexibility index (Phi) is 7.25. The summed E-state index contributed by atoms with van der Waals surface area (Å²) in [6.07, 6.45) is 0.552. The number of esters is 1. The maximum absolute atomic E-state index is 12.1. The average Bonchev–Trinajstić information content (AvgIpc) is 2.65. The lowest BCUT2D eigenvalue weighted by Crippen LogP contribution is -2.34. The minimum absolute atomic E-state index is 0.101. The van der Waals surface area contributed by atoms with E-state index in [0.717, 1.165) is 5.56 Å². The van der Waals surface area contributed by atoms with E-state index in [9.17, 15) is 14.7 Å². The van der Waals surface area contributed by atoms with E-state index in [-0.39, 0.29) is 23.8 Å². The lowest BCUT2D eigenvalue weighted by atomic mass is 10.1. The topological polar surface area (TPSA) is 94.1 Å². The summed E-state index contributed by atoms with van der Waals surface area (Å²) in [6, 6.07) is 14.1. The van der Waals surface area contributed by atoms with Crippen molar-refractivity contribution in [3.8, 4) is 11.5 Å². The molecule has 7 heteroatoms. The van der Waals surface area contributed by atoms with E-state index >= 15 is 0 Å². The Morgan fingerprint density at radius 3 is 2.38 bits per heavy atom. The molecule has 0 aliphatic carbocycles.